The van der Waals surface area contributed by atoms with Gasteiger partial charge in [-0.05, 0) is 24.3 Å². The van der Waals surface area contributed by atoms with Crippen LogP contribution in [0.3, 0.4) is 0 Å². The minimum Gasteiger partial charge on any atom is -0.378 e. The molecule has 2 aliphatic heterocycles. The molecule has 0 spiro atoms. The van der Waals surface area contributed by atoms with E-state index in [-0.39, 0.29) is 17.7 Å². The van der Waals surface area contributed by atoms with E-state index in [1.165, 1.54) is 17.8 Å². The van der Waals surface area contributed by atoms with Gasteiger partial charge in [0.25, 0.3) is 5.91 Å². The predicted octanol–water partition coefficient (Wildman–Crippen LogP) is 4.21. The number of nitrogens with zero attached hydrogens (tertiary/aromatic N) is 3. The molecule has 28 heavy (non-hydrogen) atoms. The number of amides is 1. The van der Waals surface area contributed by atoms with Gasteiger partial charge in [0.15, 0.2) is 5.69 Å². The zero-order valence-electron chi connectivity index (χ0n) is 15.7. The highest BCUT2D eigenvalue weighted by Crippen LogP contribution is 2.62. The zero-order chi connectivity index (χ0) is 19.3. The molecule has 2 aromatic heterocycles. The first-order chi connectivity index (χ1) is 13.6. The number of thiophene rings is 1. The molecule has 1 saturated carbocycles. The summed E-state index contributed by atoms with van der Waals surface area (Å²) in [4.78, 5) is 15.0. The van der Waals surface area contributed by atoms with Gasteiger partial charge in [0, 0.05) is 24.2 Å². The van der Waals surface area contributed by atoms with Gasteiger partial charge in [-0.15, -0.1) is 11.3 Å². The Balaban J connectivity index is 1.64. The SMILES string of the molecule is O=C(c1nn(C2CCCCC2)c2c1CS(O)(O)c1sccc1-2)N1CCOCC1. The van der Waals surface area contributed by atoms with Crippen LogP contribution in [0.1, 0.15) is 54.2 Å². The lowest BCUT2D eigenvalue weighted by Gasteiger charge is -2.36. The lowest BCUT2D eigenvalue weighted by Crippen LogP contribution is -2.41. The summed E-state index contributed by atoms with van der Waals surface area (Å²) in [5, 5.41) is 6.71. The van der Waals surface area contributed by atoms with Crippen molar-refractivity contribution in [1.82, 2.24) is 14.7 Å². The van der Waals surface area contributed by atoms with Crippen LogP contribution in [0.25, 0.3) is 11.3 Å². The van der Waals surface area contributed by atoms with E-state index in [0.29, 0.717) is 41.8 Å². The van der Waals surface area contributed by atoms with Crippen LogP contribution < -0.4 is 0 Å². The highest BCUT2D eigenvalue weighted by molar-refractivity contribution is 8.25. The maximum atomic E-state index is 13.3. The average Bonchev–Trinajstić information content (AvgIpc) is 3.34. The Labute approximate surface area is 169 Å². The molecule has 3 aliphatic rings. The maximum absolute atomic E-state index is 13.3. The standard InChI is InChI=1S/C19H25N3O4S2/c23-18(21-7-9-26-10-8-21)16-15-12-28(24,25)19-14(6-11-27-19)17(15)22(20-16)13-4-2-1-3-5-13/h6,11,13,24-25H,1-5,7-10,12H2. The van der Waals surface area contributed by atoms with Crippen molar-refractivity contribution >= 4 is 27.8 Å². The van der Waals surface area contributed by atoms with Crippen molar-refractivity contribution in [3.05, 3.63) is 22.7 Å². The first-order valence-electron chi connectivity index (χ1n) is 9.88. The summed E-state index contributed by atoms with van der Waals surface area (Å²) >= 11 is 1.38. The fourth-order valence-corrected chi connectivity index (χ4v) is 7.46. The summed E-state index contributed by atoms with van der Waals surface area (Å²) in [5.74, 6) is -0.0449. The largest absolute Gasteiger partial charge is 0.378 e. The van der Waals surface area contributed by atoms with E-state index >= 15 is 0 Å². The average molecular weight is 424 g/mol. The number of hydrogen-bond acceptors (Lipinski definition) is 6. The fraction of sp³-hybridized carbons (Fsp3) is 0.579. The second-order valence-corrected chi connectivity index (χ2v) is 11.0. The molecule has 0 aromatic carbocycles. The number of carbonyl (C=O) groups excluding carboxylic acids is 1. The minimum absolute atomic E-state index is 0.0774. The van der Waals surface area contributed by atoms with E-state index in [9.17, 15) is 13.9 Å². The minimum atomic E-state index is -2.95. The molecule has 1 amide bonds. The smallest absolute Gasteiger partial charge is 0.274 e. The molecule has 7 nitrogen and oxygen atoms in total. The van der Waals surface area contributed by atoms with Gasteiger partial charge in [-0.2, -0.15) is 15.7 Å². The van der Waals surface area contributed by atoms with E-state index in [4.69, 9.17) is 9.84 Å². The van der Waals surface area contributed by atoms with Crippen molar-refractivity contribution in [1.29, 1.82) is 0 Å². The van der Waals surface area contributed by atoms with Crippen LogP contribution in [0.4, 0.5) is 0 Å². The number of morpholine rings is 1. The molecule has 5 rings (SSSR count). The van der Waals surface area contributed by atoms with Crippen LogP contribution in [-0.2, 0) is 10.5 Å². The van der Waals surface area contributed by atoms with Gasteiger partial charge in [-0.1, -0.05) is 19.3 Å². The Kier molecular flexibility index (Phi) is 4.75. The molecule has 2 fully saturated rings. The summed E-state index contributed by atoms with van der Waals surface area (Å²) in [5.41, 5.74) is 2.85. The van der Waals surface area contributed by atoms with Crippen molar-refractivity contribution in [2.75, 3.05) is 26.3 Å². The Morgan fingerprint density at radius 3 is 2.71 bits per heavy atom. The Bertz CT molecular complexity index is 895. The second kappa shape index (κ2) is 7.14. The first kappa shape index (κ1) is 18.6. The highest BCUT2D eigenvalue weighted by Gasteiger charge is 2.39. The van der Waals surface area contributed by atoms with E-state index in [2.05, 4.69) is 0 Å². The third-order valence-corrected chi connectivity index (χ3v) is 9.26. The van der Waals surface area contributed by atoms with Crippen LogP contribution in [0.2, 0.25) is 0 Å². The fourth-order valence-electron chi connectivity index (χ4n) is 4.56. The molecule has 1 saturated heterocycles. The maximum Gasteiger partial charge on any atom is 0.274 e. The molecule has 2 N–H and O–H groups in total. The van der Waals surface area contributed by atoms with E-state index in [1.54, 1.807) is 4.90 Å². The molecule has 4 heterocycles. The van der Waals surface area contributed by atoms with Crippen LogP contribution in [-0.4, -0.2) is 56.0 Å². The first-order valence-corrected chi connectivity index (χ1v) is 12.5. The number of hydrogen-bond donors (Lipinski definition) is 2. The summed E-state index contributed by atoms with van der Waals surface area (Å²) in [6.07, 6.45) is 5.67. The second-order valence-electron chi connectivity index (χ2n) is 7.75. The van der Waals surface area contributed by atoms with Crippen LogP contribution in [0.15, 0.2) is 15.7 Å². The summed E-state index contributed by atoms with van der Waals surface area (Å²) in [7, 11) is -2.95. The van der Waals surface area contributed by atoms with Crippen molar-refractivity contribution in [2.45, 2.75) is 48.1 Å². The third-order valence-electron chi connectivity index (χ3n) is 5.96. The zero-order valence-corrected chi connectivity index (χ0v) is 17.3. The van der Waals surface area contributed by atoms with Gasteiger partial charge in [-0.3, -0.25) is 18.6 Å². The molecule has 9 heteroatoms. The number of ether oxygens (including phenoxy) is 1. The van der Waals surface area contributed by atoms with Crippen molar-refractivity contribution in [3.63, 3.8) is 0 Å². The van der Waals surface area contributed by atoms with Crippen molar-refractivity contribution in [2.24, 2.45) is 0 Å². The normalized spacial score (nSPS) is 23.1. The van der Waals surface area contributed by atoms with Gasteiger partial charge < -0.3 is 9.64 Å². The van der Waals surface area contributed by atoms with E-state index in [0.717, 1.165) is 36.9 Å². The summed E-state index contributed by atoms with van der Waals surface area (Å²) in [6.45, 7) is 2.15. The summed E-state index contributed by atoms with van der Waals surface area (Å²) in [6, 6.07) is 2.21. The van der Waals surface area contributed by atoms with Gasteiger partial charge in [0.1, 0.15) is 4.21 Å². The van der Waals surface area contributed by atoms with Gasteiger partial charge in [0.05, 0.1) is 30.7 Å². The number of fused-ring (bicyclic) bond motifs is 3. The molecular formula is C19H25N3O4S2. The molecule has 0 atom stereocenters. The molecule has 2 aromatic rings. The van der Waals surface area contributed by atoms with Crippen LogP contribution in [0.5, 0.6) is 0 Å². The van der Waals surface area contributed by atoms with Crippen LogP contribution >= 0.6 is 21.9 Å². The van der Waals surface area contributed by atoms with Crippen molar-refractivity contribution < 1.29 is 18.6 Å². The lowest BCUT2D eigenvalue weighted by molar-refractivity contribution is 0.0297. The predicted molar refractivity (Wildman–Crippen MR) is 109 cm³/mol. The molecule has 152 valence electrons. The number of carbonyl (C=O) groups is 1. The van der Waals surface area contributed by atoms with Crippen LogP contribution in [0, 0.1) is 0 Å². The number of aromatic nitrogens is 2. The molecule has 1 aliphatic carbocycles. The topological polar surface area (TPSA) is 87.8 Å². The highest BCUT2D eigenvalue weighted by atomic mass is 32.3. The lowest BCUT2D eigenvalue weighted by atomic mass is 9.95. The van der Waals surface area contributed by atoms with E-state index < -0.39 is 10.6 Å². The number of rotatable bonds is 2. The molecular weight excluding hydrogens is 398 g/mol. The third kappa shape index (κ3) is 3.00. The van der Waals surface area contributed by atoms with Gasteiger partial charge in [-0.25, -0.2) is 0 Å². The Morgan fingerprint density at radius 1 is 1.21 bits per heavy atom. The Morgan fingerprint density at radius 2 is 1.96 bits per heavy atom. The van der Waals surface area contributed by atoms with E-state index in [1.807, 2.05) is 16.1 Å². The molecule has 0 radical (unpaired) electrons. The molecule has 0 bridgehead atoms. The molecule has 0 unspecified atom stereocenters. The summed E-state index contributed by atoms with van der Waals surface area (Å²) < 4.78 is 29.6. The monoisotopic (exact) mass is 423 g/mol. The van der Waals surface area contributed by atoms with Gasteiger partial charge >= 0.3 is 0 Å². The Hall–Kier alpha value is -1.39. The quantitative estimate of drug-likeness (QED) is 0.755. The van der Waals surface area contributed by atoms with Gasteiger partial charge in [0.2, 0.25) is 0 Å². The van der Waals surface area contributed by atoms with Crippen molar-refractivity contribution in [3.8, 4) is 11.3 Å².